The van der Waals surface area contributed by atoms with E-state index in [4.69, 9.17) is 4.98 Å². The molecule has 0 bridgehead atoms. The lowest BCUT2D eigenvalue weighted by Gasteiger charge is -2.42. The summed E-state index contributed by atoms with van der Waals surface area (Å²) in [7, 11) is 0. The molecule has 1 aromatic heterocycles. The van der Waals surface area contributed by atoms with E-state index in [0.29, 0.717) is 18.2 Å². The maximum Gasteiger partial charge on any atom is 0.138 e. The van der Waals surface area contributed by atoms with Gasteiger partial charge in [-0.25, -0.2) is 13.8 Å². The van der Waals surface area contributed by atoms with Gasteiger partial charge in [-0.1, -0.05) is 53.2 Å². The maximum absolute atomic E-state index is 13.9. The summed E-state index contributed by atoms with van der Waals surface area (Å²) in [6.45, 7) is 15.7. The van der Waals surface area contributed by atoms with Gasteiger partial charge in [0, 0.05) is 35.5 Å². The van der Waals surface area contributed by atoms with Crippen molar-refractivity contribution in [2.24, 2.45) is 11.3 Å². The fourth-order valence-electron chi connectivity index (χ4n) is 4.69. The number of anilines is 2. The highest BCUT2D eigenvalue weighted by molar-refractivity contribution is 5.76. The molecule has 0 aliphatic carbocycles. The van der Waals surface area contributed by atoms with Gasteiger partial charge in [-0.2, -0.15) is 0 Å². The van der Waals surface area contributed by atoms with Gasteiger partial charge in [0.25, 0.3) is 0 Å². The number of fused-ring (bicyclic) bond motifs is 1. The Morgan fingerprint density at radius 2 is 1.85 bits per heavy atom. The molecule has 180 valence electrons. The minimum Gasteiger partial charge on any atom is -0.366 e. The summed E-state index contributed by atoms with van der Waals surface area (Å²) >= 11 is 0. The third-order valence-electron chi connectivity index (χ3n) is 7.26. The first kappa shape index (κ1) is 24.0. The summed E-state index contributed by atoms with van der Waals surface area (Å²) in [6, 6.07) is 12.7. The Morgan fingerprint density at radius 1 is 1.12 bits per heavy atom. The Balaban J connectivity index is 1.69. The second kappa shape index (κ2) is 9.61. The molecule has 1 unspecified atom stereocenters. The summed E-state index contributed by atoms with van der Waals surface area (Å²) in [4.78, 5) is 7.29. The molecule has 6 heteroatoms. The number of nitrogens with one attached hydrogen (secondary N) is 1. The molecule has 1 aliphatic heterocycles. The van der Waals surface area contributed by atoms with Crippen molar-refractivity contribution in [3.05, 3.63) is 78.3 Å². The lowest BCUT2D eigenvalue weighted by Crippen LogP contribution is -2.40. The highest BCUT2D eigenvalue weighted by atomic mass is 19.1. The van der Waals surface area contributed by atoms with Crippen molar-refractivity contribution in [3.63, 3.8) is 0 Å². The molecule has 2 aromatic carbocycles. The van der Waals surface area contributed by atoms with Crippen LogP contribution >= 0.6 is 0 Å². The quantitative estimate of drug-likeness (QED) is 0.378. The lowest BCUT2D eigenvalue weighted by molar-refractivity contribution is 0.164. The second-order valence-electron chi connectivity index (χ2n) is 9.80. The highest BCUT2D eigenvalue weighted by Gasteiger charge is 2.34. The molecule has 1 atom stereocenters. The van der Waals surface area contributed by atoms with E-state index in [1.54, 1.807) is 18.2 Å². The van der Waals surface area contributed by atoms with Crippen LogP contribution in [0.25, 0.3) is 11.3 Å². The van der Waals surface area contributed by atoms with Gasteiger partial charge in [0.1, 0.15) is 29.0 Å². The van der Waals surface area contributed by atoms with Crippen LogP contribution in [0.1, 0.15) is 46.4 Å². The smallest absolute Gasteiger partial charge is 0.138 e. The molecule has 3 aromatic rings. The summed E-state index contributed by atoms with van der Waals surface area (Å²) in [5, 5.41) is 3.37. The van der Waals surface area contributed by atoms with Crippen molar-refractivity contribution in [1.29, 1.82) is 0 Å². The van der Waals surface area contributed by atoms with E-state index in [1.807, 2.05) is 6.07 Å². The topological polar surface area (TPSA) is 33.1 Å². The number of nitrogens with zero attached hydrogens (tertiary/aromatic N) is 3. The minimum absolute atomic E-state index is 0.0206. The number of allylic oxidation sites excluding steroid dienone is 1. The Bertz CT molecular complexity index is 1160. The van der Waals surface area contributed by atoms with E-state index in [1.165, 1.54) is 24.3 Å². The normalized spacial score (nSPS) is 14.6. The molecule has 0 spiro atoms. The standard InChI is InChI=1S/C28H34F2N4/c1-6-8-19(2)28(4,5)20(3)33-15-16-34-25(18-33)32-26(21-11-13-22(29)14-12-21)27(34)31-24-10-7-9-23(30)17-24/h7,9-14,17,19,31H,3,6,8,15-16,18H2,1-2,4-5H3. The number of imidazole rings is 1. The SMILES string of the molecule is C=C(N1CCn2c(nc(-c3ccc(F)cc3)c2Nc2cccc(F)c2)C1)C(C)(C)C(C)CCC. The van der Waals surface area contributed by atoms with E-state index in [2.05, 4.69) is 49.1 Å². The minimum atomic E-state index is -0.308. The van der Waals surface area contributed by atoms with E-state index in [-0.39, 0.29) is 17.0 Å². The third kappa shape index (κ3) is 4.72. The van der Waals surface area contributed by atoms with Crippen molar-refractivity contribution in [1.82, 2.24) is 14.5 Å². The molecule has 0 radical (unpaired) electrons. The number of hydrogen-bond donors (Lipinski definition) is 1. The van der Waals surface area contributed by atoms with Crippen LogP contribution in [0.5, 0.6) is 0 Å². The number of rotatable bonds is 8. The molecule has 0 fully saturated rings. The summed E-state index contributed by atoms with van der Waals surface area (Å²) in [5.41, 5.74) is 3.29. The Hall–Kier alpha value is -3.15. The maximum atomic E-state index is 13.9. The number of halogens is 2. The Labute approximate surface area is 201 Å². The van der Waals surface area contributed by atoms with E-state index in [9.17, 15) is 8.78 Å². The van der Waals surface area contributed by atoms with Crippen molar-refractivity contribution < 1.29 is 8.78 Å². The van der Waals surface area contributed by atoms with Crippen LogP contribution in [0.2, 0.25) is 0 Å². The molecule has 2 heterocycles. The van der Waals surface area contributed by atoms with Crippen LogP contribution in [0.3, 0.4) is 0 Å². The van der Waals surface area contributed by atoms with Crippen LogP contribution in [-0.4, -0.2) is 21.0 Å². The van der Waals surface area contributed by atoms with Crippen LogP contribution in [0.4, 0.5) is 20.3 Å². The monoisotopic (exact) mass is 464 g/mol. The molecular weight excluding hydrogens is 430 g/mol. The summed E-state index contributed by atoms with van der Waals surface area (Å²) < 4.78 is 29.6. The van der Waals surface area contributed by atoms with Crippen LogP contribution in [0.15, 0.2) is 60.8 Å². The first-order chi connectivity index (χ1) is 16.2. The number of aromatic nitrogens is 2. The molecule has 4 rings (SSSR count). The Kier molecular flexibility index (Phi) is 6.78. The Morgan fingerprint density at radius 3 is 2.53 bits per heavy atom. The van der Waals surface area contributed by atoms with Gasteiger partial charge in [-0.15, -0.1) is 0 Å². The van der Waals surface area contributed by atoms with Crippen molar-refractivity contribution >= 4 is 11.5 Å². The van der Waals surface area contributed by atoms with E-state index in [0.717, 1.165) is 54.5 Å². The zero-order chi connectivity index (χ0) is 24.5. The van der Waals surface area contributed by atoms with Gasteiger partial charge in [-0.05, 0) is 48.4 Å². The zero-order valence-electron chi connectivity index (χ0n) is 20.5. The largest absolute Gasteiger partial charge is 0.366 e. The van der Waals surface area contributed by atoms with Gasteiger partial charge in [0.05, 0.1) is 6.54 Å². The number of hydrogen-bond acceptors (Lipinski definition) is 3. The van der Waals surface area contributed by atoms with Crippen LogP contribution in [0, 0.1) is 23.0 Å². The summed E-state index contributed by atoms with van der Waals surface area (Å²) in [6.07, 6.45) is 2.31. The molecule has 0 saturated carbocycles. The van der Waals surface area contributed by atoms with Crippen molar-refractivity contribution in [2.75, 3.05) is 11.9 Å². The average Bonchev–Trinajstić information content (AvgIpc) is 3.16. The lowest BCUT2D eigenvalue weighted by atomic mass is 9.75. The third-order valence-corrected chi connectivity index (χ3v) is 7.26. The van der Waals surface area contributed by atoms with Crippen molar-refractivity contribution in [2.45, 2.75) is 53.6 Å². The van der Waals surface area contributed by atoms with Gasteiger partial charge in [0.15, 0.2) is 0 Å². The predicted octanol–water partition coefficient (Wildman–Crippen LogP) is 7.36. The van der Waals surface area contributed by atoms with Gasteiger partial charge in [-0.3, -0.25) is 0 Å². The second-order valence-corrected chi connectivity index (χ2v) is 9.80. The average molecular weight is 465 g/mol. The van der Waals surface area contributed by atoms with Gasteiger partial charge < -0.3 is 14.8 Å². The van der Waals surface area contributed by atoms with Crippen LogP contribution in [-0.2, 0) is 13.1 Å². The molecule has 0 saturated heterocycles. The fraction of sp³-hybridized carbons (Fsp3) is 0.393. The highest BCUT2D eigenvalue weighted by Crippen LogP contribution is 2.40. The molecule has 1 aliphatic rings. The first-order valence-corrected chi connectivity index (χ1v) is 12.0. The van der Waals surface area contributed by atoms with Crippen LogP contribution < -0.4 is 5.32 Å². The zero-order valence-corrected chi connectivity index (χ0v) is 20.5. The molecule has 1 N–H and O–H groups in total. The molecule has 34 heavy (non-hydrogen) atoms. The summed E-state index contributed by atoms with van der Waals surface area (Å²) in [5.74, 6) is 1.61. The first-order valence-electron chi connectivity index (χ1n) is 12.0. The molecular formula is C28H34F2N4. The van der Waals surface area contributed by atoms with Gasteiger partial charge in [0.2, 0.25) is 0 Å². The van der Waals surface area contributed by atoms with Crippen molar-refractivity contribution in [3.8, 4) is 11.3 Å². The predicted molar refractivity (Wildman–Crippen MR) is 135 cm³/mol. The number of benzene rings is 2. The molecule has 0 amide bonds. The fourth-order valence-corrected chi connectivity index (χ4v) is 4.69. The van der Waals surface area contributed by atoms with E-state index < -0.39 is 0 Å². The van der Waals surface area contributed by atoms with Gasteiger partial charge >= 0.3 is 0 Å². The molecule has 4 nitrogen and oxygen atoms in total. The van der Waals surface area contributed by atoms with E-state index >= 15 is 0 Å².